The topological polar surface area (TPSA) is 72.3 Å². The monoisotopic (exact) mass is 469 g/mol. The minimum absolute atomic E-state index is 0.0473. The summed E-state index contributed by atoms with van der Waals surface area (Å²) < 4.78 is 28.5. The Labute approximate surface area is 176 Å². The molecule has 2 rings (SSSR count). The standard InChI is InChI=1S/C20H28BrN3O3S/c1-7-15-10-14(8-9-17(15)21)11-18(25)19-22-16(12-20(2,3)4)13-24(19)28(26,27)23(5)6/h8-10,13H,7,11-12H2,1-6H3. The molecular formula is C20H28BrN3O3S. The van der Waals surface area contributed by atoms with Gasteiger partial charge in [-0.2, -0.15) is 12.7 Å². The molecule has 0 aliphatic carbocycles. The van der Waals surface area contributed by atoms with Crippen LogP contribution in [-0.4, -0.2) is 41.6 Å². The molecule has 0 spiro atoms. The molecule has 0 bridgehead atoms. The maximum atomic E-state index is 13.0. The Balaban J connectivity index is 2.46. The third-order valence-electron chi connectivity index (χ3n) is 4.25. The third kappa shape index (κ3) is 5.30. The average Bonchev–Trinajstić information content (AvgIpc) is 2.99. The van der Waals surface area contributed by atoms with E-state index < -0.39 is 10.2 Å². The number of aryl methyl sites for hydroxylation is 1. The molecular weight excluding hydrogens is 442 g/mol. The average molecular weight is 470 g/mol. The van der Waals surface area contributed by atoms with Crippen LogP contribution in [-0.2, 0) is 29.5 Å². The summed E-state index contributed by atoms with van der Waals surface area (Å²) >= 11 is 3.50. The summed E-state index contributed by atoms with van der Waals surface area (Å²) in [5, 5.41) is 0. The highest BCUT2D eigenvalue weighted by Crippen LogP contribution is 2.23. The fourth-order valence-corrected chi connectivity index (χ4v) is 4.34. The first-order chi connectivity index (χ1) is 12.8. The number of aromatic nitrogens is 2. The van der Waals surface area contributed by atoms with Crippen LogP contribution in [0.5, 0.6) is 0 Å². The normalized spacial score (nSPS) is 12.6. The molecule has 154 valence electrons. The molecule has 28 heavy (non-hydrogen) atoms. The number of imidazole rings is 1. The molecule has 0 N–H and O–H groups in total. The van der Waals surface area contributed by atoms with Crippen molar-refractivity contribution in [2.75, 3.05) is 14.1 Å². The van der Waals surface area contributed by atoms with Gasteiger partial charge >= 0.3 is 10.2 Å². The molecule has 0 saturated heterocycles. The molecule has 0 atom stereocenters. The van der Waals surface area contributed by atoms with Crippen LogP contribution in [0.3, 0.4) is 0 Å². The van der Waals surface area contributed by atoms with Crippen molar-refractivity contribution < 1.29 is 13.2 Å². The van der Waals surface area contributed by atoms with Gasteiger partial charge in [0.1, 0.15) is 0 Å². The Kier molecular flexibility index (Phi) is 6.89. The maximum absolute atomic E-state index is 13.0. The lowest BCUT2D eigenvalue weighted by Crippen LogP contribution is -2.31. The smallest absolute Gasteiger partial charge is 0.290 e. The molecule has 6 nitrogen and oxygen atoms in total. The Morgan fingerprint density at radius 3 is 2.43 bits per heavy atom. The van der Waals surface area contributed by atoms with Crippen LogP contribution in [0.2, 0.25) is 0 Å². The van der Waals surface area contributed by atoms with Gasteiger partial charge in [0.15, 0.2) is 5.82 Å². The molecule has 1 heterocycles. The van der Waals surface area contributed by atoms with Crippen molar-refractivity contribution in [1.82, 2.24) is 13.3 Å². The van der Waals surface area contributed by atoms with E-state index in [1.165, 1.54) is 20.3 Å². The fourth-order valence-electron chi connectivity index (χ4n) is 2.85. The molecule has 0 fully saturated rings. The Morgan fingerprint density at radius 2 is 1.89 bits per heavy atom. The number of nitrogens with zero attached hydrogens (tertiary/aromatic N) is 3. The van der Waals surface area contributed by atoms with Gasteiger partial charge in [-0.15, -0.1) is 0 Å². The van der Waals surface area contributed by atoms with E-state index in [4.69, 9.17) is 0 Å². The molecule has 0 aliphatic heterocycles. The number of hydrogen-bond acceptors (Lipinski definition) is 4. The van der Waals surface area contributed by atoms with Crippen LogP contribution < -0.4 is 0 Å². The lowest BCUT2D eigenvalue weighted by Gasteiger charge is -2.15. The van der Waals surface area contributed by atoms with Gasteiger partial charge in [-0.05, 0) is 35.4 Å². The number of carbonyl (C=O) groups is 1. The number of Topliss-reactive ketones (excluding diaryl/α,β-unsaturated/α-hetero) is 1. The second-order valence-corrected chi connectivity index (χ2v) is 11.1. The lowest BCUT2D eigenvalue weighted by atomic mass is 9.91. The summed E-state index contributed by atoms with van der Waals surface area (Å²) in [6.45, 7) is 8.17. The minimum atomic E-state index is -3.84. The van der Waals surface area contributed by atoms with E-state index in [9.17, 15) is 13.2 Å². The van der Waals surface area contributed by atoms with E-state index in [-0.39, 0.29) is 23.4 Å². The molecule has 1 aromatic heterocycles. The van der Waals surface area contributed by atoms with Gasteiger partial charge in [0.05, 0.1) is 5.69 Å². The number of carbonyl (C=O) groups excluding carboxylic acids is 1. The Bertz CT molecular complexity index is 973. The SMILES string of the molecule is CCc1cc(CC(=O)c2nc(CC(C)(C)C)cn2S(=O)(=O)N(C)C)ccc1Br. The molecule has 0 radical (unpaired) electrons. The van der Waals surface area contributed by atoms with Crippen molar-refractivity contribution in [3.63, 3.8) is 0 Å². The zero-order valence-electron chi connectivity index (χ0n) is 17.3. The summed E-state index contributed by atoms with van der Waals surface area (Å²) in [5.74, 6) is -0.371. The third-order valence-corrected chi connectivity index (χ3v) is 6.72. The summed E-state index contributed by atoms with van der Waals surface area (Å²) in [5.41, 5.74) is 2.44. The summed E-state index contributed by atoms with van der Waals surface area (Å²) in [4.78, 5) is 17.4. The van der Waals surface area contributed by atoms with Crippen LogP contribution in [0, 0.1) is 5.41 Å². The molecule has 0 amide bonds. The van der Waals surface area contributed by atoms with Gasteiger partial charge in [0, 0.05) is 31.2 Å². The van der Waals surface area contributed by atoms with Crippen molar-refractivity contribution in [3.8, 4) is 0 Å². The first-order valence-electron chi connectivity index (χ1n) is 9.17. The number of ketones is 1. The largest absolute Gasteiger partial charge is 0.308 e. The zero-order valence-corrected chi connectivity index (χ0v) is 19.7. The highest BCUT2D eigenvalue weighted by Gasteiger charge is 2.27. The van der Waals surface area contributed by atoms with Gasteiger partial charge in [-0.3, -0.25) is 4.79 Å². The second kappa shape index (κ2) is 8.47. The quantitative estimate of drug-likeness (QED) is 0.576. The number of rotatable bonds is 7. The number of halogens is 1. The van der Waals surface area contributed by atoms with E-state index in [0.29, 0.717) is 12.1 Å². The number of hydrogen-bond donors (Lipinski definition) is 0. The van der Waals surface area contributed by atoms with Gasteiger partial charge < -0.3 is 0 Å². The molecule has 8 heteroatoms. The van der Waals surface area contributed by atoms with Gasteiger partial charge in [0.25, 0.3) is 0 Å². The van der Waals surface area contributed by atoms with Crippen LogP contribution in [0.1, 0.15) is 55.1 Å². The van der Waals surface area contributed by atoms with E-state index in [2.05, 4.69) is 20.9 Å². The van der Waals surface area contributed by atoms with Crippen LogP contribution >= 0.6 is 15.9 Å². The van der Waals surface area contributed by atoms with Crippen molar-refractivity contribution in [3.05, 3.63) is 51.5 Å². The van der Waals surface area contributed by atoms with E-state index in [1.54, 1.807) is 0 Å². The lowest BCUT2D eigenvalue weighted by molar-refractivity contribution is 0.0982. The van der Waals surface area contributed by atoms with Crippen LogP contribution in [0.15, 0.2) is 28.9 Å². The van der Waals surface area contributed by atoms with Gasteiger partial charge in [-0.25, -0.2) is 8.96 Å². The predicted molar refractivity (Wildman–Crippen MR) is 115 cm³/mol. The fraction of sp³-hybridized carbons (Fsp3) is 0.500. The van der Waals surface area contributed by atoms with Crippen molar-refractivity contribution in [2.45, 2.75) is 47.0 Å². The summed E-state index contributed by atoms with van der Waals surface area (Å²) in [7, 11) is -0.960. The highest BCUT2D eigenvalue weighted by molar-refractivity contribution is 9.10. The predicted octanol–water partition coefficient (Wildman–Crippen LogP) is 3.88. The molecule has 0 aliphatic rings. The van der Waals surface area contributed by atoms with Crippen LogP contribution in [0.25, 0.3) is 0 Å². The first kappa shape index (κ1) is 22.8. The minimum Gasteiger partial charge on any atom is -0.290 e. The van der Waals surface area contributed by atoms with E-state index in [0.717, 1.165) is 30.3 Å². The summed E-state index contributed by atoms with van der Waals surface area (Å²) in [6, 6.07) is 5.74. The van der Waals surface area contributed by atoms with E-state index in [1.807, 2.05) is 45.9 Å². The van der Waals surface area contributed by atoms with Crippen molar-refractivity contribution in [1.29, 1.82) is 0 Å². The number of benzene rings is 1. The molecule has 2 aromatic rings. The summed E-state index contributed by atoms with van der Waals surface area (Å²) in [6.07, 6.45) is 2.96. The molecule has 0 unspecified atom stereocenters. The molecule has 1 aromatic carbocycles. The maximum Gasteiger partial charge on any atom is 0.308 e. The van der Waals surface area contributed by atoms with Crippen molar-refractivity contribution in [2.24, 2.45) is 5.41 Å². The second-order valence-electron chi connectivity index (χ2n) is 8.26. The first-order valence-corrected chi connectivity index (χ1v) is 11.4. The Morgan fingerprint density at radius 1 is 1.25 bits per heavy atom. The van der Waals surface area contributed by atoms with Crippen LogP contribution in [0.4, 0.5) is 0 Å². The molecule has 0 saturated carbocycles. The van der Waals surface area contributed by atoms with Gasteiger partial charge in [-0.1, -0.05) is 55.8 Å². The Hall–Kier alpha value is -1.51. The van der Waals surface area contributed by atoms with Gasteiger partial charge in [0.2, 0.25) is 5.78 Å². The highest BCUT2D eigenvalue weighted by atomic mass is 79.9. The van der Waals surface area contributed by atoms with Crippen molar-refractivity contribution >= 4 is 31.9 Å². The zero-order chi connectivity index (χ0) is 21.3. The van der Waals surface area contributed by atoms with E-state index >= 15 is 0 Å².